The van der Waals surface area contributed by atoms with Crippen molar-refractivity contribution in [3.8, 4) is 5.75 Å². The van der Waals surface area contributed by atoms with Crippen LogP contribution in [0, 0.1) is 22.9 Å². The van der Waals surface area contributed by atoms with Crippen LogP contribution in [-0.4, -0.2) is 52.8 Å². The SMILES string of the molecule is COc1ccc2ncc(CO)c([C@H](F)CCC3(C(=O)NO)CCN(CCCc4cc(F)c(F)c(F)c4)CC3)c2c1. The minimum absolute atomic E-state index is 0.0154. The number of benzene rings is 2. The van der Waals surface area contributed by atoms with Gasteiger partial charge >= 0.3 is 0 Å². The van der Waals surface area contributed by atoms with Gasteiger partial charge in [0.1, 0.15) is 11.9 Å². The van der Waals surface area contributed by atoms with Gasteiger partial charge in [-0.1, -0.05) is 0 Å². The summed E-state index contributed by atoms with van der Waals surface area (Å²) < 4.78 is 61.3. The summed E-state index contributed by atoms with van der Waals surface area (Å²) in [5, 5.41) is 19.9. The zero-order chi connectivity index (χ0) is 28.9. The zero-order valence-corrected chi connectivity index (χ0v) is 22.2. The highest BCUT2D eigenvalue weighted by Gasteiger charge is 2.41. The number of amides is 1. The van der Waals surface area contributed by atoms with Gasteiger partial charge in [0.05, 0.1) is 24.6 Å². The molecule has 1 aromatic heterocycles. The van der Waals surface area contributed by atoms with E-state index in [4.69, 9.17) is 4.74 Å². The molecule has 1 atom stereocenters. The van der Waals surface area contributed by atoms with Crippen molar-refractivity contribution in [2.24, 2.45) is 5.41 Å². The Morgan fingerprint density at radius 3 is 2.50 bits per heavy atom. The third kappa shape index (κ3) is 6.37. The summed E-state index contributed by atoms with van der Waals surface area (Å²) in [6.07, 6.45) is 1.78. The minimum Gasteiger partial charge on any atom is -0.497 e. The second-order valence-electron chi connectivity index (χ2n) is 10.3. The number of piperidine rings is 1. The number of carbonyl (C=O) groups excluding carboxylic acids is 1. The Bertz CT molecular complexity index is 1320. The van der Waals surface area contributed by atoms with Crippen molar-refractivity contribution < 1.29 is 37.4 Å². The Morgan fingerprint density at radius 1 is 1.18 bits per heavy atom. The fourth-order valence-electron chi connectivity index (χ4n) is 5.58. The molecule has 216 valence electrons. The average Bonchev–Trinajstić information content (AvgIpc) is 2.97. The molecule has 1 aliphatic rings. The van der Waals surface area contributed by atoms with Crippen molar-refractivity contribution in [2.75, 3.05) is 26.7 Å². The zero-order valence-electron chi connectivity index (χ0n) is 22.2. The summed E-state index contributed by atoms with van der Waals surface area (Å²) in [5.74, 6) is -3.97. The van der Waals surface area contributed by atoms with E-state index in [-0.39, 0.29) is 12.8 Å². The fraction of sp³-hybridized carbons (Fsp3) is 0.448. The number of halogens is 4. The molecule has 0 spiro atoms. The van der Waals surface area contributed by atoms with E-state index in [1.807, 2.05) is 0 Å². The number of rotatable bonds is 11. The Morgan fingerprint density at radius 2 is 1.88 bits per heavy atom. The maximum absolute atomic E-state index is 15.9. The molecule has 4 rings (SSSR count). The van der Waals surface area contributed by atoms with Crippen molar-refractivity contribution in [1.29, 1.82) is 0 Å². The first-order valence-corrected chi connectivity index (χ1v) is 13.2. The van der Waals surface area contributed by atoms with Gasteiger partial charge in [-0.3, -0.25) is 15.0 Å². The summed E-state index contributed by atoms with van der Waals surface area (Å²) in [6.45, 7) is 1.21. The molecule has 2 aromatic carbocycles. The van der Waals surface area contributed by atoms with Crippen LogP contribution in [0.5, 0.6) is 5.75 Å². The normalized spacial score (nSPS) is 16.2. The van der Waals surface area contributed by atoms with Crippen LogP contribution >= 0.6 is 0 Å². The van der Waals surface area contributed by atoms with E-state index >= 15 is 4.39 Å². The standard InChI is InChI=1S/C29H33F4N3O4/c1-40-20-4-5-25-21(15-20)26(19(17-37)16-34-25)22(30)6-7-29(28(38)35-39)8-11-36(12-9-29)10-2-3-18-13-23(31)27(33)24(32)14-18/h4-5,13-16,22,37,39H,2-3,6-12,17H2,1H3,(H,35,38)/t22-/m1/s1. The molecule has 0 bridgehead atoms. The summed E-state index contributed by atoms with van der Waals surface area (Å²) in [5.41, 5.74) is 2.33. The molecular weight excluding hydrogens is 530 g/mol. The maximum atomic E-state index is 15.9. The van der Waals surface area contributed by atoms with E-state index in [0.29, 0.717) is 78.7 Å². The summed E-state index contributed by atoms with van der Waals surface area (Å²) in [6, 6.07) is 7.08. The van der Waals surface area contributed by atoms with Crippen molar-refractivity contribution in [2.45, 2.75) is 51.3 Å². The Labute approximate surface area is 229 Å². The van der Waals surface area contributed by atoms with Crippen LogP contribution in [0.1, 0.15) is 55.0 Å². The lowest BCUT2D eigenvalue weighted by Gasteiger charge is -2.40. The van der Waals surface area contributed by atoms with E-state index in [1.54, 1.807) is 23.7 Å². The number of aryl methyl sites for hydroxylation is 1. The van der Waals surface area contributed by atoms with E-state index < -0.39 is 41.6 Å². The Kier molecular flexibility index (Phi) is 9.60. The predicted octanol–water partition coefficient (Wildman–Crippen LogP) is 5.16. The van der Waals surface area contributed by atoms with Gasteiger partial charge in [-0.15, -0.1) is 0 Å². The third-order valence-corrected chi connectivity index (χ3v) is 7.94. The van der Waals surface area contributed by atoms with E-state index in [0.717, 1.165) is 12.1 Å². The first kappa shape index (κ1) is 29.7. The second kappa shape index (κ2) is 12.9. The maximum Gasteiger partial charge on any atom is 0.249 e. The van der Waals surface area contributed by atoms with Gasteiger partial charge in [0.2, 0.25) is 5.91 Å². The molecule has 3 aromatic rings. The van der Waals surface area contributed by atoms with Gasteiger partial charge < -0.3 is 14.7 Å². The fourth-order valence-corrected chi connectivity index (χ4v) is 5.58. The molecule has 1 amide bonds. The first-order chi connectivity index (χ1) is 19.2. The quantitative estimate of drug-likeness (QED) is 0.129. The molecule has 0 saturated carbocycles. The lowest BCUT2D eigenvalue weighted by Crippen LogP contribution is -2.48. The van der Waals surface area contributed by atoms with Gasteiger partial charge in [0, 0.05) is 22.7 Å². The number of hydrogen-bond donors (Lipinski definition) is 3. The number of hydroxylamine groups is 1. The Hall–Kier alpha value is -3.28. The molecule has 1 saturated heterocycles. The number of pyridine rings is 1. The van der Waals surface area contributed by atoms with Crippen molar-refractivity contribution >= 4 is 16.8 Å². The number of nitrogens with zero attached hydrogens (tertiary/aromatic N) is 2. The number of hydrogen-bond acceptors (Lipinski definition) is 6. The highest BCUT2D eigenvalue weighted by Crippen LogP contribution is 2.41. The predicted molar refractivity (Wildman–Crippen MR) is 140 cm³/mol. The van der Waals surface area contributed by atoms with E-state index in [1.165, 1.54) is 13.3 Å². The van der Waals surface area contributed by atoms with Crippen LogP contribution in [0.15, 0.2) is 36.5 Å². The van der Waals surface area contributed by atoms with Crippen molar-refractivity contribution in [1.82, 2.24) is 15.4 Å². The highest BCUT2D eigenvalue weighted by atomic mass is 19.2. The molecule has 0 radical (unpaired) electrons. The van der Waals surface area contributed by atoms with Crippen LogP contribution in [-0.2, 0) is 17.8 Å². The minimum atomic E-state index is -1.50. The lowest BCUT2D eigenvalue weighted by atomic mass is 9.73. The Balaban J connectivity index is 1.41. The first-order valence-electron chi connectivity index (χ1n) is 13.2. The summed E-state index contributed by atoms with van der Waals surface area (Å²) in [7, 11) is 1.50. The topological polar surface area (TPSA) is 94.9 Å². The average molecular weight is 564 g/mol. The number of alkyl halides is 1. The molecule has 1 fully saturated rings. The second-order valence-corrected chi connectivity index (χ2v) is 10.3. The number of carbonyl (C=O) groups is 1. The van der Waals surface area contributed by atoms with Crippen LogP contribution < -0.4 is 10.2 Å². The molecule has 0 unspecified atom stereocenters. The monoisotopic (exact) mass is 563 g/mol. The third-order valence-electron chi connectivity index (χ3n) is 7.94. The van der Waals surface area contributed by atoms with Gasteiger partial charge in [-0.05, 0) is 94.1 Å². The van der Waals surface area contributed by atoms with Gasteiger partial charge in [-0.25, -0.2) is 23.0 Å². The van der Waals surface area contributed by atoms with Gasteiger partial charge in [0.25, 0.3) is 0 Å². The van der Waals surface area contributed by atoms with E-state index in [2.05, 4.69) is 9.88 Å². The molecule has 0 aliphatic carbocycles. The number of ether oxygens (including phenoxy) is 1. The van der Waals surface area contributed by atoms with Crippen molar-refractivity contribution in [3.05, 3.63) is 70.7 Å². The number of aliphatic hydroxyl groups excluding tert-OH is 1. The molecule has 1 aliphatic heterocycles. The number of aliphatic hydroxyl groups is 1. The largest absolute Gasteiger partial charge is 0.497 e. The molecule has 11 heteroatoms. The molecule has 40 heavy (non-hydrogen) atoms. The van der Waals surface area contributed by atoms with Crippen molar-refractivity contribution in [3.63, 3.8) is 0 Å². The van der Waals surface area contributed by atoms with Gasteiger partial charge in [-0.2, -0.15) is 0 Å². The van der Waals surface area contributed by atoms with Gasteiger partial charge in [0.15, 0.2) is 17.5 Å². The van der Waals surface area contributed by atoms with E-state index in [9.17, 15) is 28.3 Å². The number of methoxy groups -OCH3 is 1. The van der Waals surface area contributed by atoms with Crippen LogP contribution in [0.3, 0.4) is 0 Å². The summed E-state index contributed by atoms with van der Waals surface area (Å²) >= 11 is 0. The molecular formula is C29H33F4N3O4. The molecule has 2 heterocycles. The van der Waals surface area contributed by atoms with Crippen LogP contribution in [0.4, 0.5) is 17.6 Å². The highest BCUT2D eigenvalue weighted by molar-refractivity contribution is 5.85. The van der Waals surface area contributed by atoms with Crippen LogP contribution in [0.25, 0.3) is 10.9 Å². The number of nitrogens with one attached hydrogen (secondary N) is 1. The molecule has 3 N–H and O–H groups in total. The smallest absolute Gasteiger partial charge is 0.249 e. The van der Waals surface area contributed by atoms with Crippen LogP contribution in [0.2, 0.25) is 0 Å². The number of fused-ring (bicyclic) bond motifs is 1. The number of likely N-dealkylation sites (tertiary alicyclic amines) is 1. The number of aromatic nitrogens is 1. The summed E-state index contributed by atoms with van der Waals surface area (Å²) in [4.78, 5) is 19.2. The molecule has 7 nitrogen and oxygen atoms in total. The lowest BCUT2D eigenvalue weighted by molar-refractivity contribution is -0.143.